The van der Waals surface area contributed by atoms with Crippen LogP contribution < -0.4 is 0 Å². The second-order valence-corrected chi connectivity index (χ2v) is 8.23. The SMILES string of the molecule is Cc1cc(-c2c(C(O)=C3CCC3)sc3cc(Cl)ccc23)c(F)cc1Cl. The van der Waals surface area contributed by atoms with Gasteiger partial charge in [-0.3, -0.25) is 0 Å². The summed E-state index contributed by atoms with van der Waals surface area (Å²) in [5.41, 5.74) is 3.00. The van der Waals surface area contributed by atoms with Gasteiger partial charge in [-0.15, -0.1) is 11.3 Å². The zero-order valence-corrected chi connectivity index (χ0v) is 15.8. The minimum Gasteiger partial charge on any atom is -0.506 e. The summed E-state index contributed by atoms with van der Waals surface area (Å²) >= 11 is 13.6. The average Bonchev–Trinajstić information content (AvgIpc) is 2.87. The average molecular weight is 393 g/mol. The molecular weight excluding hydrogens is 378 g/mol. The molecule has 0 amide bonds. The summed E-state index contributed by atoms with van der Waals surface area (Å²) in [6, 6.07) is 8.61. The number of benzene rings is 2. The van der Waals surface area contributed by atoms with Crippen molar-refractivity contribution in [2.75, 3.05) is 0 Å². The van der Waals surface area contributed by atoms with Crippen molar-refractivity contribution in [3.05, 3.63) is 62.2 Å². The molecule has 0 unspecified atom stereocenters. The van der Waals surface area contributed by atoms with Crippen LogP contribution in [0, 0.1) is 12.7 Å². The highest BCUT2D eigenvalue weighted by molar-refractivity contribution is 7.20. The van der Waals surface area contributed by atoms with Crippen LogP contribution in [0.15, 0.2) is 35.9 Å². The number of aliphatic hydroxyl groups excluding tert-OH is 1. The van der Waals surface area contributed by atoms with E-state index in [2.05, 4.69) is 0 Å². The Bertz CT molecular complexity index is 1030. The van der Waals surface area contributed by atoms with Gasteiger partial charge in [-0.2, -0.15) is 0 Å². The predicted octanol–water partition coefficient (Wildman–Crippen LogP) is 7.78. The zero-order chi connectivity index (χ0) is 17.7. The highest BCUT2D eigenvalue weighted by Gasteiger charge is 2.24. The van der Waals surface area contributed by atoms with Crippen molar-refractivity contribution in [1.29, 1.82) is 0 Å². The van der Waals surface area contributed by atoms with Gasteiger partial charge in [0, 0.05) is 31.3 Å². The number of aryl methyl sites for hydroxylation is 1. The van der Waals surface area contributed by atoms with E-state index in [1.807, 2.05) is 19.1 Å². The molecule has 0 spiro atoms. The van der Waals surface area contributed by atoms with E-state index < -0.39 is 5.82 Å². The molecule has 1 N–H and O–H groups in total. The maximum Gasteiger partial charge on any atom is 0.132 e. The molecule has 3 aromatic rings. The van der Waals surface area contributed by atoms with Crippen LogP contribution in [0.2, 0.25) is 10.0 Å². The van der Waals surface area contributed by atoms with Crippen molar-refractivity contribution in [1.82, 2.24) is 0 Å². The molecule has 1 aliphatic rings. The van der Waals surface area contributed by atoms with Crippen molar-refractivity contribution >= 4 is 50.4 Å². The van der Waals surface area contributed by atoms with Gasteiger partial charge < -0.3 is 5.11 Å². The molecule has 0 atom stereocenters. The minimum absolute atomic E-state index is 0.283. The van der Waals surface area contributed by atoms with Gasteiger partial charge in [0.2, 0.25) is 0 Å². The van der Waals surface area contributed by atoms with E-state index in [1.54, 1.807) is 12.1 Å². The smallest absolute Gasteiger partial charge is 0.132 e. The topological polar surface area (TPSA) is 20.2 Å². The summed E-state index contributed by atoms with van der Waals surface area (Å²) in [6.45, 7) is 1.85. The Morgan fingerprint density at radius 2 is 1.92 bits per heavy atom. The Morgan fingerprint density at radius 1 is 1.16 bits per heavy atom. The summed E-state index contributed by atoms with van der Waals surface area (Å²) in [4.78, 5) is 0.701. The lowest BCUT2D eigenvalue weighted by molar-refractivity contribution is 0.488. The third kappa shape index (κ3) is 2.84. The highest BCUT2D eigenvalue weighted by atomic mass is 35.5. The summed E-state index contributed by atoms with van der Waals surface area (Å²) in [6.07, 6.45) is 2.87. The van der Waals surface area contributed by atoms with Gasteiger partial charge >= 0.3 is 0 Å². The van der Waals surface area contributed by atoms with Gasteiger partial charge in [0.15, 0.2) is 0 Å². The van der Waals surface area contributed by atoms with Crippen LogP contribution in [0.4, 0.5) is 4.39 Å². The Hall–Kier alpha value is -1.55. The number of fused-ring (bicyclic) bond motifs is 1. The fraction of sp³-hybridized carbons (Fsp3) is 0.200. The second kappa shape index (κ2) is 6.31. The van der Waals surface area contributed by atoms with Crippen LogP contribution >= 0.6 is 34.5 Å². The number of rotatable bonds is 2. The van der Waals surface area contributed by atoms with Gasteiger partial charge in [0.1, 0.15) is 11.6 Å². The lowest BCUT2D eigenvalue weighted by atomic mass is 9.89. The monoisotopic (exact) mass is 392 g/mol. The molecule has 2 aromatic carbocycles. The first-order valence-electron chi connectivity index (χ1n) is 8.05. The van der Waals surface area contributed by atoms with Gasteiger partial charge in [-0.1, -0.05) is 29.3 Å². The Morgan fingerprint density at radius 3 is 2.60 bits per heavy atom. The maximum atomic E-state index is 14.7. The Labute approximate surface area is 159 Å². The van der Waals surface area contributed by atoms with E-state index in [9.17, 15) is 9.50 Å². The van der Waals surface area contributed by atoms with Crippen LogP contribution in [0.5, 0.6) is 0 Å². The van der Waals surface area contributed by atoms with E-state index in [-0.39, 0.29) is 5.76 Å². The van der Waals surface area contributed by atoms with Gasteiger partial charge in [0.25, 0.3) is 0 Å². The number of aliphatic hydroxyl groups is 1. The highest BCUT2D eigenvalue weighted by Crippen LogP contribution is 2.46. The molecule has 1 saturated carbocycles. The van der Waals surface area contributed by atoms with E-state index >= 15 is 0 Å². The normalized spacial score (nSPS) is 14.0. The molecule has 0 saturated heterocycles. The number of hydrogen-bond donors (Lipinski definition) is 1. The molecule has 0 radical (unpaired) electrons. The molecule has 0 bridgehead atoms. The van der Waals surface area contributed by atoms with E-state index in [4.69, 9.17) is 23.2 Å². The lowest BCUT2D eigenvalue weighted by Crippen LogP contribution is -2.01. The molecule has 1 heterocycles. The van der Waals surface area contributed by atoms with E-state index in [0.717, 1.165) is 40.5 Å². The predicted molar refractivity (Wildman–Crippen MR) is 105 cm³/mol. The van der Waals surface area contributed by atoms with Crippen molar-refractivity contribution in [3.8, 4) is 11.1 Å². The number of hydrogen-bond acceptors (Lipinski definition) is 2. The fourth-order valence-electron chi connectivity index (χ4n) is 3.10. The minimum atomic E-state index is -0.391. The number of allylic oxidation sites excluding steroid dienone is 1. The quantitative estimate of drug-likeness (QED) is 0.441. The first-order chi connectivity index (χ1) is 12.0. The Balaban J connectivity index is 2.06. The van der Waals surface area contributed by atoms with E-state index in [1.165, 1.54) is 17.4 Å². The van der Waals surface area contributed by atoms with Crippen LogP contribution in [-0.4, -0.2) is 5.11 Å². The van der Waals surface area contributed by atoms with Crippen molar-refractivity contribution in [2.24, 2.45) is 0 Å². The van der Waals surface area contributed by atoms with Crippen LogP contribution in [-0.2, 0) is 0 Å². The first kappa shape index (κ1) is 16.9. The van der Waals surface area contributed by atoms with Crippen molar-refractivity contribution in [2.45, 2.75) is 26.2 Å². The largest absolute Gasteiger partial charge is 0.506 e. The maximum absolute atomic E-state index is 14.7. The van der Waals surface area contributed by atoms with Crippen LogP contribution in [0.25, 0.3) is 27.0 Å². The first-order valence-corrected chi connectivity index (χ1v) is 9.62. The van der Waals surface area contributed by atoms with Crippen molar-refractivity contribution < 1.29 is 9.50 Å². The van der Waals surface area contributed by atoms with Gasteiger partial charge in [0.05, 0.1) is 4.88 Å². The molecule has 5 heteroatoms. The van der Waals surface area contributed by atoms with Crippen LogP contribution in [0.3, 0.4) is 0 Å². The van der Waals surface area contributed by atoms with Crippen molar-refractivity contribution in [3.63, 3.8) is 0 Å². The zero-order valence-electron chi connectivity index (χ0n) is 13.5. The summed E-state index contributed by atoms with van der Waals surface area (Å²) < 4.78 is 15.7. The third-order valence-corrected chi connectivity index (χ3v) is 6.48. The molecule has 1 nitrogen and oxygen atoms in total. The van der Waals surface area contributed by atoms with Crippen LogP contribution in [0.1, 0.15) is 29.7 Å². The Kier molecular flexibility index (Phi) is 4.27. The standard InChI is InChI=1S/C20H15Cl2FOS/c1-10-7-14(16(23)9-15(10)22)18-13-6-5-12(21)8-17(13)25-20(18)19(24)11-3-2-4-11/h5-9,24H,2-4H2,1H3. The summed E-state index contributed by atoms with van der Waals surface area (Å²) in [5, 5.41) is 12.7. The molecular formula is C20H15Cl2FOS. The number of thiophene rings is 1. The molecule has 0 aliphatic heterocycles. The summed E-state index contributed by atoms with van der Waals surface area (Å²) in [7, 11) is 0. The molecule has 4 rings (SSSR count). The second-order valence-electron chi connectivity index (χ2n) is 6.33. The molecule has 128 valence electrons. The third-order valence-electron chi connectivity index (χ3n) is 4.68. The van der Waals surface area contributed by atoms with Gasteiger partial charge in [-0.05, 0) is 61.6 Å². The molecule has 1 fully saturated rings. The molecule has 1 aromatic heterocycles. The molecule has 1 aliphatic carbocycles. The molecule has 25 heavy (non-hydrogen) atoms. The number of halogens is 3. The fourth-order valence-corrected chi connectivity index (χ4v) is 4.74. The van der Waals surface area contributed by atoms with Gasteiger partial charge in [-0.25, -0.2) is 4.39 Å². The summed E-state index contributed by atoms with van der Waals surface area (Å²) in [5.74, 6) is -0.108. The lowest BCUT2D eigenvalue weighted by Gasteiger charge is -2.19. The van der Waals surface area contributed by atoms with E-state index in [0.29, 0.717) is 26.0 Å².